The summed E-state index contributed by atoms with van der Waals surface area (Å²) in [5.74, 6) is 0.557. The molecule has 0 N–H and O–H groups in total. The molecule has 6 heteroatoms. The molecule has 0 bridgehead atoms. The van der Waals surface area contributed by atoms with Crippen LogP contribution in [-0.4, -0.2) is 6.36 Å². The smallest absolute Gasteiger partial charge is 0.406 e. The Balaban J connectivity index is 1.47. The Hall–Kier alpha value is -2.29. The van der Waals surface area contributed by atoms with Crippen LogP contribution in [0.4, 0.5) is 17.6 Å². The van der Waals surface area contributed by atoms with Gasteiger partial charge in [0.05, 0.1) is 0 Å². The Morgan fingerprint density at radius 1 is 0.967 bits per heavy atom. The first-order valence-electron chi connectivity index (χ1n) is 10.6. The van der Waals surface area contributed by atoms with Crippen LogP contribution in [0.5, 0.6) is 5.75 Å². The Bertz CT molecular complexity index is 790. The Morgan fingerprint density at radius 2 is 1.50 bits per heavy atom. The lowest BCUT2D eigenvalue weighted by molar-refractivity contribution is -0.274. The van der Waals surface area contributed by atoms with Gasteiger partial charge in [-0.3, -0.25) is 0 Å². The molecule has 2 nitrogen and oxygen atoms in total. The van der Waals surface area contributed by atoms with Crippen LogP contribution < -0.4 is 4.74 Å². The quantitative estimate of drug-likeness (QED) is 0.279. The zero-order chi connectivity index (χ0) is 21.7. The molecule has 0 aliphatic heterocycles. The molecule has 0 spiro atoms. The van der Waals surface area contributed by atoms with Gasteiger partial charge in [-0.2, -0.15) is 9.65 Å². The number of hydrogen-bond acceptors (Lipinski definition) is 2. The highest BCUT2D eigenvalue weighted by molar-refractivity contribution is 5.30. The van der Waals surface area contributed by atoms with Crippen molar-refractivity contribution in [2.45, 2.75) is 63.6 Å². The first kappa shape index (κ1) is 22.4. The predicted molar refractivity (Wildman–Crippen MR) is 107 cm³/mol. The number of halogens is 4. The van der Waals surface area contributed by atoms with E-state index >= 15 is 0 Å². The molecule has 30 heavy (non-hydrogen) atoms. The molecular weight excluding hydrogens is 394 g/mol. The van der Waals surface area contributed by atoms with E-state index in [2.05, 4.69) is 11.3 Å². The van der Waals surface area contributed by atoms with Gasteiger partial charge in [0, 0.05) is 0 Å². The summed E-state index contributed by atoms with van der Waals surface area (Å²) in [6.07, 6.45) is 4.59. The third-order valence-corrected chi connectivity index (χ3v) is 6.62. The zero-order valence-corrected chi connectivity index (χ0v) is 16.9. The molecule has 2 aliphatic rings. The molecule has 1 aromatic carbocycles. The molecule has 3 rings (SSSR count). The van der Waals surface area contributed by atoms with Gasteiger partial charge in [0.2, 0.25) is 0 Å². The van der Waals surface area contributed by atoms with Gasteiger partial charge in [0.15, 0.2) is 5.83 Å². The largest absolute Gasteiger partial charge is 0.573 e. The van der Waals surface area contributed by atoms with Crippen molar-refractivity contribution in [1.29, 1.82) is 5.26 Å². The Morgan fingerprint density at radius 3 is 2.00 bits per heavy atom. The second kappa shape index (κ2) is 9.68. The van der Waals surface area contributed by atoms with Crippen molar-refractivity contribution in [3.63, 3.8) is 0 Å². The average molecular weight is 421 g/mol. The van der Waals surface area contributed by atoms with Crippen molar-refractivity contribution in [2.75, 3.05) is 0 Å². The number of nitriles is 1. The van der Waals surface area contributed by atoms with Gasteiger partial charge in [-0.25, -0.2) is 0 Å². The van der Waals surface area contributed by atoms with Crippen LogP contribution in [0.15, 0.2) is 48.3 Å². The summed E-state index contributed by atoms with van der Waals surface area (Å²) in [6.45, 7) is 4.38. The average Bonchev–Trinajstić information content (AvgIpc) is 2.73. The summed E-state index contributed by atoms with van der Waals surface area (Å²) in [5.41, 5.74) is 2.35. The third kappa shape index (κ3) is 6.10. The Kier molecular flexibility index (Phi) is 7.23. The number of benzene rings is 1. The lowest BCUT2D eigenvalue weighted by atomic mass is 9.70. The molecule has 2 fully saturated rings. The third-order valence-electron chi connectivity index (χ3n) is 6.62. The minimum absolute atomic E-state index is 0.147. The van der Waals surface area contributed by atoms with E-state index in [1.807, 2.05) is 0 Å². The molecule has 0 saturated heterocycles. The van der Waals surface area contributed by atoms with E-state index in [0.29, 0.717) is 17.8 Å². The molecule has 0 atom stereocenters. The van der Waals surface area contributed by atoms with Crippen LogP contribution in [0.1, 0.15) is 62.8 Å². The number of hydrogen-bond donors (Lipinski definition) is 0. The zero-order valence-electron chi connectivity index (χ0n) is 16.9. The minimum atomic E-state index is -4.67. The number of ether oxygens (including phenoxy) is 1. The predicted octanol–water partition coefficient (Wildman–Crippen LogP) is 7.60. The second-order valence-electron chi connectivity index (χ2n) is 8.48. The Labute approximate surface area is 175 Å². The first-order chi connectivity index (χ1) is 14.2. The minimum Gasteiger partial charge on any atom is -0.406 e. The van der Waals surface area contributed by atoms with Crippen molar-refractivity contribution < 1.29 is 22.3 Å². The molecule has 0 aromatic heterocycles. The van der Waals surface area contributed by atoms with Gasteiger partial charge in [0.1, 0.15) is 11.8 Å². The number of alkyl halides is 3. The highest BCUT2D eigenvalue weighted by atomic mass is 19.4. The fraction of sp³-hybridized carbons (Fsp3) is 0.542. The standard InChI is InChI=1S/C24H27F4NO/c1-16(18-4-2-17(3-5-18)14-22(25)15-29)19-6-8-20(9-7-19)21-10-12-23(13-11-21)30-24(26,27)28/h10-14,17-20H,1-9H2/b22-14-. The van der Waals surface area contributed by atoms with Gasteiger partial charge in [-0.15, -0.1) is 13.2 Å². The van der Waals surface area contributed by atoms with Crippen LogP contribution in [-0.2, 0) is 0 Å². The van der Waals surface area contributed by atoms with Gasteiger partial charge >= 0.3 is 6.36 Å². The van der Waals surface area contributed by atoms with Crippen LogP contribution in [0.3, 0.4) is 0 Å². The van der Waals surface area contributed by atoms with E-state index in [1.165, 1.54) is 23.8 Å². The summed E-state index contributed by atoms with van der Waals surface area (Å²) < 4.78 is 54.0. The lowest BCUT2D eigenvalue weighted by Crippen LogP contribution is -2.22. The maximum absolute atomic E-state index is 13.2. The monoisotopic (exact) mass is 421 g/mol. The second-order valence-corrected chi connectivity index (χ2v) is 8.48. The number of nitrogens with zero attached hydrogens (tertiary/aromatic N) is 1. The summed E-state index contributed by atoms with van der Waals surface area (Å²) in [7, 11) is 0. The molecule has 162 valence electrons. The molecule has 1 aromatic rings. The maximum Gasteiger partial charge on any atom is 0.573 e. The van der Waals surface area contributed by atoms with E-state index in [-0.39, 0.29) is 11.7 Å². The fourth-order valence-corrected chi connectivity index (χ4v) is 4.97. The van der Waals surface area contributed by atoms with Crippen LogP contribution >= 0.6 is 0 Å². The van der Waals surface area contributed by atoms with E-state index in [1.54, 1.807) is 18.2 Å². The number of rotatable bonds is 5. The summed E-state index contributed by atoms with van der Waals surface area (Å²) in [6, 6.07) is 7.78. The maximum atomic E-state index is 13.2. The summed E-state index contributed by atoms with van der Waals surface area (Å²) >= 11 is 0. The molecule has 0 amide bonds. The number of allylic oxidation sites excluding steroid dienone is 3. The van der Waals surface area contributed by atoms with E-state index in [9.17, 15) is 17.6 Å². The van der Waals surface area contributed by atoms with Crippen molar-refractivity contribution in [2.24, 2.45) is 17.8 Å². The van der Waals surface area contributed by atoms with Crippen LogP contribution in [0.25, 0.3) is 0 Å². The highest BCUT2D eigenvalue weighted by Crippen LogP contribution is 2.44. The molecule has 2 aliphatic carbocycles. The lowest BCUT2D eigenvalue weighted by Gasteiger charge is -2.35. The molecule has 0 radical (unpaired) electrons. The van der Waals surface area contributed by atoms with Crippen molar-refractivity contribution in [3.05, 3.63) is 53.9 Å². The normalized spacial score (nSPS) is 27.9. The van der Waals surface area contributed by atoms with Crippen LogP contribution in [0.2, 0.25) is 0 Å². The van der Waals surface area contributed by atoms with Crippen LogP contribution in [0, 0.1) is 29.1 Å². The van der Waals surface area contributed by atoms with Gasteiger partial charge in [-0.1, -0.05) is 24.3 Å². The molecule has 0 unspecified atom stereocenters. The first-order valence-corrected chi connectivity index (χ1v) is 10.6. The van der Waals surface area contributed by atoms with Crippen molar-refractivity contribution in [1.82, 2.24) is 0 Å². The van der Waals surface area contributed by atoms with Gasteiger partial charge in [-0.05, 0) is 98.8 Å². The summed E-state index contributed by atoms with van der Waals surface area (Å²) in [5, 5.41) is 8.58. The fourth-order valence-electron chi connectivity index (χ4n) is 4.97. The highest BCUT2D eigenvalue weighted by Gasteiger charge is 2.32. The van der Waals surface area contributed by atoms with E-state index in [0.717, 1.165) is 56.9 Å². The summed E-state index contributed by atoms with van der Waals surface area (Å²) in [4.78, 5) is 0. The molecular formula is C24H27F4NO. The van der Waals surface area contributed by atoms with Crippen molar-refractivity contribution in [3.8, 4) is 11.8 Å². The topological polar surface area (TPSA) is 33.0 Å². The van der Waals surface area contributed by atoms with E-state index in [4.69, 9.17) is 5.26 Å². The molecule has 0 heterocycles. The SMILES string of the molecule is C=C(C1CCC(/C=C(\F)C#N)CC1)C1CCC(c2ccc(OC(F)(F)F)cc2)CC1. The van der Waals surface area contributed by atoms with E-state index < -0.39 is 12.2 Å². The van der Waals surface area contributed by atoms with Crippen molar-refractivity contribution >= 4 is 0 Å². The van der Waals surface area contributed by atoms with Gasteiger partial charge in [0.25, 0.3) is 0 Å². The van der Waals surface area contributed by atoms with Gasteiger partial charge < -0.3 is 4.74 Å². The molecule has 2 saturated carbocycles.